The number of benzene rings is 1. The number of aromatic nitrogens is 5. The van der Waals surface area contributed by atoms with Crippen molar-refractivity contribution in [3.05, 3.63) is 36.0 Å². The minimum atomic E-state index is -0.362. The molecule has 5 heterocycles. The molecule has 0 spiro atoms. The van der Waals surface area contributed by atoms with Crippen LogP contribution in [0.3, 0.4) is 0 Å². The zero-order valence-corrected chi connectivity index (χ0v) is 23.2. The Morgan fingerprint density at radius 3 is 2.58 bits per heavy atom. The molecule has 212 valence electrons. The normalized spacial score (nSPS) is 21.1. The summed E-state index contributed by atoms with van der Waals surface area (Å²) in [4.78, 5) is 36.4. The number of anilines is 1. The van der Waals surface area contributed by atoms with Gasteiger partial charge in [0.25, 0.3) is 0 Å². The van der Waals surface area contributed by atoms with Crippen molar-refractivity contribution in [3.8, 4) is 11.4 Å². The number of H-pyrrole nitrogens is 1. The van der Waals surface area contributed by atoms with Gasteiger partial charge in [-0.2, -0.15) is 0 Å². The molecule has 0 aliphatic carbocycles. The van der Waals surface area contributed by atoms with Crippen LogP contribution in [0.4, 0.5) is 10.2 Å². The summed E-state index contributed by atoms with van der Waals surface area (Å²) in [6.45, 7) is 12.0. The van der Waals surface area contributed by atoms with E-state index < -0.39 is 0 Å². The van der Waals surface area contributed by atoms with Gasteiger partial charge in [-0.05, 0) is 39.0 Å². The number of hydrogen-bond donors (Lipinski definition) is 2. The van der Waals surface area contributed by atoms with Crippen LogP contribution in [0.5, 0.6) is 0 Å². The summed E-state index contributed by atoms with van der Waals surface area (Å²) in [5.41, 5.74) is 8.12. The molecule has 2 fully saturated rings. The van der Waals surface area contributed by atoms with E-state index in [0.717, 1.165) is 35.3 Å². The predicted octanol–water partition coefficient (Wildman–Crippen LogP) is 2.35. The Labute approximate surface area is 232 Å². The lowest BCUT2D eigenvalue weighted by molar-refractivity contribution is -0.121. The second-order valence-electron chi connectivity index (χ2n) is 10.8. The van der Waals surface area contributed by atoms with Crippen LogP contribution in [0, 0.1) is 5.82 Å². The van der Waals surface area contributed by atoms with Gasteiger partial charge >= 0.3 is 0 Å². The second kappa shape index (κ2) is 10.8. The summed E-state index contributed by atoms with van der Waals surface area (Å²) in [7, 11) is 0. The van der Waals surface area contributed by atoms with Gasteiger partial charge in [0.05, 0.1) is 31.9 Å². The van der Waals surface area contributed by atoms with Crippen molar-refractivity contribution in [1.29, 1.82) is 0 Å². The first-order chi connectivity index (χ1) is 19.3. The van der Waals surface area contributed by atoms with Gasteiger partial charge in [-0.3, -0.25) is 14.6 Å². The van der Waals surface area contributed by atoms with Gasteiger partial charge in [-0.25, -0.2) is 19.3 Å². The SMILES string of the molecule is CCn1c(CN2CC(C)N(CC(N)=O)C(C)C2)nc2c(N3CCOCC3)nc(-c3c(F)ccc4[nH]ccc34)nc21. The number of halogens is 1. The number of fused-ring (bicyclic) bond motifs is 2. The lowest BCUT2D eigenvalue weighted by Crippen LogP contribution is -2.58. The Bertz CT molecular complexity index is 1530. The number of piperazine rings is 1. The third-order valence-corrected chi connectivity index (χ3v) is 8.07. The van der Waals surface area contributed by atoms with Gasteiger partial charge in [0.1, 0.15) is 11.6 Å². The summed E-state index contributed by atoms with van der Waals surface area (Å²) in [5, 5.41) is 0.742. The third-order valence-electron chi connectivity index (χ3n) is 8.07. The van der Waals surface area contributed by atoms with Crippen LogP contribution >= 0.6 is 0 Å². The monoisotopic (exact) mass is 549 g/mol. The lowest BCUT2D eigenvalue weighted by atomic mass is 10.1. The molecule has 40 heavy (non-hydrogen) atoms. The molecule has 4 aromatic rings. The number of carbonyl (C=O) groups is 1. The van der Waals surface area contributed by atoms with Crippen molar-refractivity contribution >= 4 is 33.8 Å². The first-order valence-corrected chi connectivity index (χ1v) is 14.0. The maximum absolute atomic E-state index is 15.3. The zero-order valence-electron chi connectivity index (χ0n) is 23.2. The first-order valence-electron chi connectivity index (χ1n) is 14.0. The molecule has 2 unspecified atom stereocenters. The highest BCUT2D eigenvalue weighted by Crippen LogP contribution is 2.34. The number of aryl methyl sites for hydroxylation is 1. The Balaban J connectivity index is 1.43. The van der Waals surface area contributed by atoms with Gasteiger partial charge in [0, 0.05) is 61.9 Å². The van der Waals surface area contributed by atoms with Crippen LogP contribution in [0.15, 0.2) is 24.4 Å². The molecule has 2 saturated heterocycles. The van der Waals surface area contributed by atoms with Crippen molar-refractivity contribution in [2.45, 2.75) is 45.9 Å². The molecule has 3 N–H and O–H groups in total. The van der Waals surface area contributed by atoms with E-state index in [2.05, 4.69) is 45.0 Å². The Kier molecular flexibility index (Phi) is 7.15. The van der Waals surface area contributed by atoms with Crippen LogP contribution in [0.1, 0.15) is 26.6 Å². The zero-order chi connectivity index (χ0) is 28.0. The first kappa shape index (κ1) is 26.6. The third kappa shape index (κ3) is 4.80. The van der Waals surface area contributed by atoms with Gasteiger partial charge in [0.2, 0.25) is 5.91 Å². The summed E-state index contributed by atoms with van der Waals surface area (Å²) < 4.78 is 23.1. The molecule has 2 aliphatic heterocycles. The summed E-state index contributed by atoms with van der Waals surface area (Å²) in [6, 6.07) is 5.40. The van der Waals surface area contributed by atoms with Crippen molar-refractivity contribution in [3.63, 3.8) is 0 Å². The van der Waals surface area contributed by atoms with E-state index in [1.165, 1.54) is 6.07 Å². The molecule has 0 bridgehead atoms. The molecule has 0 radical (unpaired) electrons. The number of carbonyl (C=O) groups excluding carboxylic acids is 1. The fraction of sp³-hybridized carbons (Fsp3) is 0.500. The number of nitrogens with zero attached hydrogens (tertiary/aromatic N) is 7. The van der Waals surface area contributed by atoms with Crippen molar-refractivity contribution in [2.75, 3.05) is 50.8 Å². The number of rotatable bonds is 7. The minimum absolute atomic E-state index is 0.177. The van der Waals surface area contributed by atoms with E-state index in [1.54, 1.807) is 12.3 Å². The number of nitrogens with two attached hydrogens (primary N) is 1. The maximum atomic E-state index is 15.3. The molecular formula is C28H36FN9O2. The standard InChI is InChI=1S/C28H36FN9O2/c1-4-37-23(16-35-13-17(2)38(15-22(30)39)18(3)14-35)32-25-27(36-9-11-40-12-10-36)33-26(34-28(25)37)24-19-7-8-31-21(19)6-5-20(24)29/h5-8,17-18,31H,4,9-16H2,1-3H3,(H2,30,39). The molecule has 12 heteroatoms. The number of ether oxygens (including phenoxy) is 1. The van der Waals surface area contributed by atoms with E-state index in [-0.39, 0.29) is 30.4 Å². The lowest BCUT2D eigenvalue weighted by Gasteiger charge is -2.43. The van der Waals surface area contributed by atoms with Gasteiger partial charge in [0.15, 0.2) is 22.8 Å². The van der Waals surface area contributed by atoms with Gasteiger partial charge in [-0.1, -0.05) is 0 Å². The van der Waals surface area contributed by atoms with Crippen LogP contribution in [0.2, 0.25) is 0 Å². The van der Waals surface area contributed by atoms with Crippen LogP contribution in [-0.2, 0) is 22.6 Å². The Morgan fingerprint density at radius 1 is 1.12 bits per heavy atom. The van der Waals surface area contributed by atoms with Crippen LogP contribution in [-0.4, -0.2) is 98.2 Å². The average Bonchev–Trinajstić information content (AvgIpc) is 3.54. The second-order valence-corrected chi connectivity index (χ2v) is 10.8. The molecule has 1 aromatic carbocycles. The van der Waals surface area contributed by atoms with Gasteiger partial charge in [-0.15, -0.1) is 0 Å². The van der Waals surface area contributed by atoms with Crippen molar-refractivity contribution < 1.29 is 13.9 Å². The molecule has 2 atom stereocenters. The molecule has 6 rings (SSSR count). The number of primary amides is 1. The number of imidazole rings is 1. The topological polar surface area (TPSA) is 121 Å². The van der Waals surface area contributed by atoms with Crippen LogP contribution in [0.25, 0.3) is 33.5 Å². The largest absolute Gasteiger partial charge is 0.378 e. The Hall–Kier alpha value is -3.61. The highest BCUT2D eigenvalue weighted by Gasteiger charge is 2.32. The van der Waals surface area contributed by atoms with Crippen molar-refractivity contribution in [2.24, 2.45) is 5.73 Å². The highest BCUT2D eigenvalue weighted by molar-refractivity contribution is 5.95. The highest BCUT2D eigenvalue weighted by atomic mass is 19.1. The molecular weight excluding hydrogens is 513 g/mol. The van der Waals surface area contributed by atoms with E-state index in [4.69, 9.17) is 25.4 Å². The quantitative estimate of drug-likeness (QED) is 0.360. The van der Waals surface area contributed by atoms with E-state index in [9.17, 15) is 4.79 Å². The molecule has 0 saturated carbocycles. The predicted molar refractivity (Wildman–Crippen MR) is 151 cm³/mol. The molecule has 11 nitrogen and oxygen atoms in total. The Morgan fingerprint density at radius 2 is 1.88 bits per heavy atom. The average molecular weight is 550 g/mol. The number of hydrogen-bond acceptors (Lipinski definition) is 8. The van der Waals surface area contributed by atoms with Crippen LogP contribution < -0.4 is 10.6 Å². The van der Waals surface area contributed by atoms with Crippen molar-refractivity contribution in [1.82, 2.24) is 34.3 Å². The number of morpholine rings is 1. The molecule has 3 aromatic heterocycles. The summed E-state index contributed by atoms with van der Waals surface area (Å²) in [5.74, 6) is 1.27. The smallest absolute Gasteiger partial charge is 0.231 e. The fourth-order valence-corrected chi connectivity index (χ4v) is 6.21. The molecule has 2 aliphatic rings. The maximum Gasteiger partial charge on any atom is 0.231 e. The summed E-state index contributed by atoms with van der Waals surface area (Å²) >= 11 is 0. The summed E-state index contributed by atoms with van der Waals surface area (Å²) in [6.07, 6.45) is 1.80. The number of nitrogens with one attached hydrogen (secondary N) is 1. The minimum Gasteiger partial charge on any atom is -0.378 e. The van der Waals surface area contributed by atoms with E-state index in [1.807, 2.05) is 6.07 Å². The number of amides is 1. The number of aromatic amines is 1. The fourth-order valence-electron chi connectivity index (χ4n) is 6.21. The van der Waals surface area contributed by atoms with E-state index in [0.29, 0.717) is 62.2 Å². The van der Waals surface area contributed by atoms with E-state index >= 15 is 4.39 Å². The van der Waals surface area contributed by atoms with Gasteiger partial charge < -0.3 is 24.9 Å². The molecule has 1 amide bonds.